The largest absolute Gasteiger partial charge is 0.455 e. The molecule has 4 heterocycles. The first-order valence-corrected chi connectivity index (χ1v) is 20.9. The first-order valence-electron chi connectivity index (χ1n) is 20.9. The summed E-state index contributed by atoms with van der Waals surface area (Å²) in [7, 11) is 1.85. The number of nitrogens with zero attached hydrogens (tertiary/aromatic N) is 4. The third-order valence-electron chi connectivity index (χ3n) is 12.6. The number of aryl methyl sites for hydroxylation is 1. The number of ether oxygens (including phenoxy) is 4. The number of carbonyl (C=O) groups is 4. The number of alkyl halides is 1. The van der Waals surface area contributed by atoms with E-state index in [1.807, 2.05) is 66.9 Å². The Labute approximate surface area is 346 Å². The van der Waals surface area contributed by atoms with Crippen LogP contribution < -0.4 is 5.43 Å². The number of hydrogen-bond acceptors (Lipinski definition) is 13. The quantitative estimate of drug-likeness (QED) is 0.164. The molecule has 0 spiro atoms. The first kappa shape index (κ1) is 46.3. The number of cyclic esters (lactones) is 1. The lowest BCUT2D eigenvalue weighted by molar-refractivity contribution is -0.294. The lowest BCUT2D eigenvalue weighted by Gasteiger charge is -2.46. The smallest absolute Gasteiger partial charge is 0.425 e. The number of aliphatic hydroxyl groups is 2. The number of likely N-dealkylation sites (N-methyl/N-ethyl adjacent to an activating group) is 1. The van der Waals surface area contributed by atoms with Gasteiger partial charge in [-0.15, -0.1) is 0 Å². The fourth-order valence-corrected chi connectivity index (χ4v) is 9.22. The molecule has 1 amide bonds. The van der Waals surface area contributed by atoms with Crippen LogP contribution in [0.5, 0.6) is 0 Å². The summed E-state index contributed by atoms with van der Waals surface area (Å²) >= 11 is 0. The van der Waals surface area contributed by atoms with Crippen LogP contribution in [0, 0.1) is 17.8 Å². The van der Waals surface area contributed by atoms with E-state index in [9.17, 15) is 29.4 Å². The van der Waals surface area contributed by atoms with Gasteiger partial charge in [-0.3, -0.25) is 9.59 Å². The van der Waals surface area contributed by atoms with Crippen LogP contribution in [-0.4, -0.2) is 133 Å². The van der Waals surface area contributed by atoms with Crippen molar-refractivity contribution in [3.63, 3.8) is 0 Å². The van der Waals surface area contributed by atoms with Crippen LogP contribution in [0.25, 0.3) is 11.3 Å². The lowest BCUT2D eigenvalue weighted by Crippen LogP contribution is -2.62. The molecule has 5 rings (SSSR count). The fourth-order valence-electron chi connectivity index (χ4n) is 9.22. The van der Waals surface area contributed by atoms with E-state index in [1.165, 1.54) is 25.8 Å². The minimum Gasteiger partial charge on any atom is -0.455 e. The van der Waals surface area contributed by atoms with Crippen molar-refractivity contribution in [2.45, 2.75) is 154 Å². The zero-order valence-electron chi connectivity index (χ0n) is 36.1. The number of benzene rings is 1. The minimum absolute atomic E-state index is 0.0451. The molecule has 16 heteroatoms. The van der Waals surface area contributed by atoms with Gasteiger partial charge in [-0.1, -0.05) is 65.0 Å². The molecule has 3 fully saturated rings. The number of carbonyl (C=O) groups excluding carboxylic acids is 4. The summed E-state index contributed by atoms with van der Waals surface area (Å²) < 4.78 is 42.8. The highest BCUT2D eigenvalue weighted by molar-refractivity contribution is 6.08. The second kappa shape index (κ2) is 18.4. The number of aliphatic hydroxyl groups excluding tert-OH is 1. The molecule has 328 valence electrons. The molecule has 3 aliphatic rings. The summed E-state index contributed by atoms with van der Waals surface area (Å²) in [5.74, 6) is -6.47. The fraction of sp³-hybridized carbons (Fsp3) is 0.698. The summed E-state index contributed by atoms with van der Waals surface area (Å²) in [6, 6.07) is 8.29. The van der Waals surface area contributed by atoms with E-state index in [1.54, 1.807) is 27.1 Å². The van der Waals surface area contributed by atoms with E-state index in [2.05, 4.69) is 10.4 Å². The summed E-state index contributed by atoms with van der Waals surface area (Å²) in [5, 5.41) is 24.9. The Morgan fingerprint density at radius 3 is 2.37 bits per heavy atom. The highest BCUT2D eigenvalue weighted by Gasteiger charge is 2.62. The number of nitrogens with one attached hydrogen (secondary N) is 1. The van der Waals surface area contributed by atoms with Crippen LogP contribution in [0.15, 0.2) is 42.9 Å². The Morgan fingerprint density at radius 2 is 1.73 bits per heavy atom. The summed E-state index contributed by atoms with van der Waals surface area (Å²) in [4.78, 5) is 62.7. The molecule has 2 unspecified atom stereocenters. The minimum atomic E-state index is -3.24. The number of hydrogen-bond donors (Lipinski definition) is 3. The number of imidazole rings is 1. The standard InChI is InChI=1S/C43H64FN5O10/c1-11-32-43(9)35(49(40(54)59-43)46-19-16-20-48-23-30(45-24-48)29-17-14-13-15-18-29)27(5)33(50)25(3)22-41(7,55)37(28(6)36(52)42(8,44)39(53)57-32)58-38-34(51)31(47(10)12-2)21-26(4)56-38/h13-15,17-18,23-28,31-32,34-35,37-38,46,51,55H,11-12,16,19-22H2,1-10H3/t25-,26-,27+,28+,31+,32-,34-,35?,37-,38?,41-,42+,43-/m1/s1. The molecular weight excluding hydrogens is 765 g/mol. The molecule has 3 N–H and O–H groups in total. The third kappa shape index (κ3) is 9.57. The van der Waals surface area contributed by atoms with Gasteiger partial charge in [-0.05, 0) is 67.0 Å². The van der Waals surface area contributed by atoms with Crippen molar-refractivity contribution in [3.8, 4) is 11.3 Å². The number of rotatable bonds is 11. The Morgan fingerprint density at radius 1 is 1.05 bits per heavy atom. The second-order valence-electron chi connectivity index (χ2n) is 17.3. The molecule has 0 radical (unpaired) electrons. The molecule has 59 heavy (non-hydrogen) atoms. The molecule has 3 aliphatic heterocycles. The van der Waals surface area contributed by atoms with Crippen molar-refractivity contribution in [3.05, 3.63) is 42.9 Å². The maximum absolute atomic E-state index is 16.8. The van der Waals surface area contributed by atoms with Crippen molar-refractivity contribution in [2.24, 2.45) is 17.8 Å². The van der Waals surface area contributed by atoms with Gasteiger partial charge in [-0.2, -0.15) is 0 Å². The molecule has 0 bridgehead atoms. The number of halogens is 1. The molecule has 13 atom stereocenters. The van der Waals surface area contributed by atoms with Gasteiger partial charge < -0.3 is 38.6 Å². The van der Waals surface area contributed by atoms with Crippen molar-refractivity contribution in [2.75, 3.05) is 20.1 Å². The normalized spacial score (nSPS) is 37.6. The molecular formula is C43H64FN5O10. The van der Waals surface area contributed by atoms with E-state index in [-0.39, 0.29) is 31.3 Å². The van der Waals surface area contributed by atoms with Crippen LogP contribution in [0.1, 0.15) is 88.0 Å². The average Bonchev–Trinajstić information content (AvgIpc) is 3.78. The second-order valence-corrected chi connectivity index (χ2v) is 17.3. The van der Waals surface area contributed by atoms with Gasteiger partial charge >= 0.3 is 12.1 Å². The molecule has 1 aromatic carbocycles. The highest BCUT2D eigenvalue weighted by atomic mass is 19.1. The van der Waals surface area contributed by atoms with Crippen molar-refractivity contribution in [1.82, 2.24) is 24.9 Å². The zero-order chi connectivity index (χ0) is 43.6. The topological polar surface area (TPSA) is 182 Å². The number of Topliss-reactive ketones (excluding diaryl/α,β-unsaturated/α-hetero) is 2. The van der Waals surface area contributed by atoms with Gasteiger partial charge in [0, 0.05) is 48.6 Å². The van der Waals surface area contributed by atoms with Crippen LogP contribution in [-0.2, 0) is 39.9 Å². The highest BCUT2D eigenvalue weighted by Crippen LogP contribution is 2.42. The van der Waals surface area contributed by atoms with Gasteiger partial charge in [0.2, 0.25) is 0 Å². The van der Waals surface area contributed by atoms with Gasteiger partial charge in [0.1, 0.15) is 24.0 Å². The molecule has 0 aliphatic carbocycles. The van der Waals surface area contributed by atoms with E-state index in [0.29, 0.717) is 25.9 Å². The van der Waals surface area contributed by atoms with Crippen LogP contribution >= 0.6 is 0 Å². The van der Waals surface area contributed by atoms with E-state index < -0.39 is 89.2 Å². The number of ketones is 2. The maximum atomic E-state index is 16.8. The summed E-state index contributed by atoms with van der Waals surface area (Å²) in [5.41, 5.74) is -1.99. The predicted molar refractivity (Wildman–Crippen MR) is 215 cm³/mol. The molecule has 2 aromatic rings. The Hall–Kier alpha value is -3.80. The summed E-state index contributed by atoms with van der Waals surface area (Å²) in [6.45, 7) is 15.2. The maximum Gasteiger partial charge on any atom is 0.425 e. The SMILES string of the molecule is CC[C@H]1OC(=O)[C@@](C)(F)C(=O)[C@H](C)[C@@H](OC2O[C@H](C)C[C@H](N(C)CC)[C@H]2O)[C@](C)(O)C[C@@H](C)C(=O)[C@H](C)C2N(NCCCn3cnc(-c4ccccc4)c3)C(=O)O[C@@]21C. The lowest BCUT2D eigenvalue weighted by atomic mass is 9.73. The van der Waals surface area contributed by atoms with E-state index in [0.717, 1.165) is 18.2 Å². The average molecular weight is 830 g/mol. The van der Waals surface area contributed by atoms with Gasteiger partial charge in [0.25, 0.3) is 5.67 Å². The Kier molecular flexibility index (Phi) is 14.5. The summed E-state index contributed by atoms with van der Waals surface area (Å²) in [6.07, 6.45) is -2.12. The van der Waals surface area contributed by atoms with E-state index in [4.69, 9.17) is 18.9 Å². The van der Waals surface area contributed by atoms with Gasteiger partial charge in [-0.25, -0.2) is 29.4 Å². The number of hydrazine groups is 1. The Balaban J connectivity index is 1.44. The number of amides is 1. The van der Waals surface area contributed by atoms with Crippen molar-refractivity contribution < 1.29 is 52.7 Å². The number of aromatic nitrogens is 2. The monoisotopic (exact) mass is 829 g/mol. The molecule has 1 aromatic heterocycles. The van der Waals surface area contributed by atoms with Crippen LogP contribution in [0.2, 0.25) is 0 Å². The number of esters is 1. The molecule has 0 saturated carbocycles. The van der Waals surface area contributed by atoms with Gasteiger partial charge in [0.05, 0.1) is 29.8 Å². The van der Waals surface area contributed by atoms with Crippen LogP contribution in [0.4, 0.5) is 9.18 Å². The van der Waals surface area contributed by atoms with Crippen molar-refractivity contribution >= 4 is 23.6 Å². The zero-order valence-corrected chi connectivity index (χ0v) is 36.1. The third-order valence-corrected chi connectivity index (χ3v) is 12.6. The Bertz CT molecular complexity index is 1790. The predicted octanol–water partition coefficient (Wildman–Crippen LogP) is 4.48. The van der Waals surface area contributed by atoms with E-state index >= 15 is 4.39 Å². The molecule has 15 nitrogen and oxygen atoms in total. The molecule has 3 saturated heterocycles. The van der Waals surface area contributed by atoms with Gasteiger partial charge in [0.15, 0.2) is 17.7 Å². The first-order chi connectivity index (χ1) is 27.7. The van der Waals surface area contributed by atoms with Crippen molar-refractivity contribution in [1.29, 1.82) is 0 Å². The number of fused-ring (bicyclic) bond motifs is 1. The van der Waals surface area contributed by atoms with Crippen LogP contribution in [0.3, 0.4) is 0 Å².